The number of anilines is 2. The van der Waals surface area contributed by atoms with Crippen molar-refractivity contribution in [2.45, 2.75) is 39.3 Å². The number of aromatic amines is 1. The van der Waals surface area contributed by atoms with Crippen molar-refractivity contribution in [2.75, 3.05) is 17.2 Å². The van der Waals surface area contributed by atoms with Gasteiger partial charge in [-0.25, -0.2) is 4.79 Å². The van der Waals surface area contributed by atoms with Gasteiger partial charge in [-0.05, 0) is 31.4 Å². The number of nitrogens with two attached hydrogens (primary N) is 1. The third-order valence-electron chi connectivity index (χ3n) is 4.63. The Labute approximate surface area is 145 Å². The fraction of sp³-hybridized carbons (Fsp3) is 0.389. The summed E-state index contributed by atoms with van der Waals surface area (Å²) in [5.41, 5.74) is 6.72. The lowest BCUT2D eigenvalue weighted by molar-refractivity contribution is 0.0996. The zero-order chi connectivity index (χ0) is 18.1. The van der Waals surface area contributed by atoms with Crippen molar-refractivity contribution in [1.82, 2.24) is 9.55 Å². The summed E-state index contributed by atoms with van der Waals surface area (Å²) < 4.78 is 1.25. The first kappa shape index (κ1) is 17.0. The molecule has 3 N–H and O–H groups in total. The molecule has 1 aliphatic heterocycles. The maximum absolute atomic E-state index is 12.8. The predicted octanol–water partition coefficient (Wildman–Crippen LogP) is 1.16. The van der Waals surface area contributed by atoms with Crippen LogP contribution < -0.4 is 21.9 Å². The highest BCUT2D eigenvalue weighted by atomic mass is 16.2. The van der Waals surface area contributed by atoms with E-state index in [-0.39, 0.29) is 29.8 Å². The van der Waals surface area contributed by atoms with Gasteiger partial charge in [0.15, 0.2) is 5.78 Å². The van der Waals surface area contributed by atoms with Crippen molar-refractivity contribution < 1.29 is 4.79 Å². The monoisotopic (exact) mass is 342 g/mol. The molecule has 1 aromatic carbocycles. The first-order valence-corrected chi connectivity index (χ1v) is 8.44. The number of ketones is 1. The fourth-order valence-corrected chi connectivity index (χ4v) is 3.41. The summed E-state index contributed by atoms with van der Waals surface area (Å²) in [5.74, 6) is -0.437. The SMILES string of the molecule is CCCn1c(N)c(C(=O)CN2c3ccccc3CC2C)c(=O)[nH]c1=O. The molecule has 0 bridgehead atoms. The minimum Gasteiger partial charge on any atom is -0.384 e. The van der Waals surface area contributed by atoms with E-state index in [4.69, 9.17) is 5.73 Å². The van der Waals surface area contributed by atoms with E-state index in [1.54, 1.807) is 0 Å². The van der Waals surface area contributed by atoms with E-state index in [2.05, 4.69) is 4.98 Å². The average molecular weight is 342 g/mol. The number of carbonyl (C=O) groups is 1. The maximum Gasteiger partial charge on any atom is 0.329 e. The first-order valence-electron chi connectivity index (χ1n) is 8.44. The van der Waals surface area contributed by atoms with Gasteiger partial charge in [0, 0.05) is 18.3 Å². The van der Waals surface area contributed by atoms with Gasteiger partial charge >= 0.3 is 5.69 Å². The molecule has 1 aliphatic rings. The van der Waals surface area contributed by atoms with Crippen LogP contribution in [0.25, 0.3) is 0 Å². The van der Waals surface area contributed by atoms with Crippen LogP contribution in [0.3, 0.4) is 0 Å². The number of Topliss-reactive ketones (excluding diaryl/α,β-unsaturated/α-hetero) is 1. The molecule has 0 spiro atoms. The van der Waals surface area contributed by atoms with Crippen LogP contribution in [0.5, 0.6) is 0 Å². The first-order chi connectivity index (χ1) is 11.9. The smallest absolute Gasteiger partial charge is 0.329 e. The molecule has 2 aromatic rings. The number of nitrogens with zero attached hydrogens (tertiary/aromatic N) is 2. The Morgan fingerprint density at radius 3 is 2.76 bits per heavy atom. The third-order valence-corrected chi connectivity index (χ3v) is 4.63. The van der Waals surface area contributed by atoms with Crippen molar-refractivity contribution in [1.29, 1.82) is 0 Å². The molecule has 0 fully saturated rings. The quantitative estimate of drug-likeness (QED) is 0.794. The molecule has 3 rings (SSSR count). The van der Waals surface area contributed by atoms with E-state index < -0.39 is 11.2 Å². The van der Waals surface area contributed by atoms with Gasteiger partial charge in [-0.1, -0.05) is 25.1 Å². The van der Waals surface area contributed by atoms with Crippen LogP contribution >= 0.6 is 0 Å². The minimum atomic E-state index is -0.722. The summed E-state index contributed by atoms with van der Waals surface area (Å²) in [7, 11) is 0. The Morgan fingerprint density at radius 1 is 1.32 bits per heavy atom. The van der Waals surface area contributed by atoms with Crippen LogP contribution in [0, 0.1) is 0 Å². The molecule has 1 atom stereocenters. The van der Waals surface area contributed by atoms with Gasteiger partial charge in [0.2, 0.25) is 0 Å². The molecule has 7 nitrogen and oxygen atoms in total. The minimum absolute atomic E-state index is 0.0514. The van der Waals surface area contributed by atoms with Gasteiger partial charge in [0.1, 0.15) is 11.4 Å². The van der Waals surface area contributed by atoms with Crippen LogP contribution in [-0.2, 0) is 13.0 Å². The number of hydrogen-bond acceptors (Lipinski definition) is 5. The van der Waals surface area contributed by atoms with E-state index in [1.165, 1.54) is 10.1 Å². The largest absolute Gasteiger partial charge is 0.384 e. The predicted molar refractivity (Wildman–Crippen MR) is 97.3 cm³/mol. The van der Waals surface area contributed by atoms with Crippen LogP contribution in [0.2, 0.25) is 0 Å². The van der Waals surface area contributed by atoms with Crippen molar-refractivity contribution >= 4 is 17.3 Å². The molecule has 0 radical (unpaired) electrons. The summed E-state index contributed by atoms with van der Waals surface area (Å²) in [4.78, 5) is 41.1. The fourth-order valence-electron chi connectivity index (χ4n) is 3.41. The van der Waals surface area contributed by atoms with Crippen molar-refractivity contribution in [3.63, 3.8) is 0 Å². The van der Waals surface area contributed by atoms with Crippen LogP contribution in [0.1, 0.15) is 36.2 Å². The topological polar surface area (TPSA) is 101 Å². The molecule has 7 heteroatoms. The average Bonchev–Trinajstić information content (AvgIpc) is 2.87. The molecular weight excluding hydrogens is 320 g/mol. The number of nitrogens with one attached hydrogen (secondary N) is 1. The van der Waals surface area contributed by atoms with Gasteiger partial charge in [-0.3, -0.25) is 19.1 Å². The van der Waals surface area contributed by atoms with Crippen molar-refractivity contribution in [2.24, 2.45) is 0 Å². The zero-order valence-electron chi connectivity index (χ0n) is 14.4. The highest BCUT2D eigenvalue weighted by molar-refractivity contribution is 6.02. The third kappa shape index (κ3) is 2.97. The molecule has 0 aliphatic carbocycles. The molecule has 1 aromatic heterocycles. The highest BCUT2D eigenvalue weighted by Crippen LogP contribution is 2.31. The van der Waals surface area contributed by atoms with Gasteiger partial charge in [0.25, 0.3) is 5.56 Å². The molecule has 0 saturated heterocycles. The molecule has 2 heterocycles. The van der Waals surface area contributed by atoms with Crippen LogP contribution in [0.15, 0.2) is 33.9 Å². The Morgan fingerprint density at radius 2 is 2.04 bits per heavy atom. The number of carbonyl (C=O) groups excluding carboxylic acids is 1. The van der Waals surface area contributed by atoms with E-state index in [0.717, 1.165) is 12.1 Å². The number of benzene rings is 1. The Bertz CT molecular complexity index is 929. The molecule has 132 valence electrons. The van der Waals surface area contributed by atoms with Gasteiger partial charge < -0.3 is 10.6 Å². The number of hydrogen-bond donors (Lipinski definition) is 2. The number of rotatable bonds is 5. The Balaban J connectivity index is 1.96. The number of fused-ring (bicyclic) bond motifs is 1. The number of para-hydroxylation sites is 1. The second-order valence-electron chi connectivity index (χ2n) is 6.40. The van der Waals surface area contributed by atoms with Gasteiger partial charge in [0.05, 0.1) is 6.54 Å². The second-order valence-corrected chi connectivity index (χ2v) is 6.40. The number of H-pyrrole nitrogens is 1. The highest BCUT2D eigenvalue weighted by Gasteiger charge is 2.29. The summed E-state index contributed by atoms with van der Waals surface area (Å²) >= 11 is 0. The normalized spacial score (nSPS) is 16.1. The molecule has 0 amide bonds. The molecule has 0 saturated carbocycles. The van der Waals surface area contributed by atoms with Crippen LogP contribution in [0.4, 0.5) is 11.5 Å². The molecular formula is C18H22N4O3. The Hall–Kier alpha value is -2.83. The maximum atomic E-state index is 12.8. The number of aromatic nitrogens is 2. The van der Waals surface area contributed by atoms with E-state index >= 15 is 0 Å². The standard InChI is InChI=1S/C18H22N4O3/c1-3-8-21-16(19)15(17(24)20-18(21)25)14(23)10-22-11(2)9-12-6-4-5-7-13(12)22/h4-7,11H,3,8-10,19H2,1-2H3,(H,20,24,25). The Kier molecular flexibility index (Phi) is 4.48. The lowest BCUT2D eigenvalue weighted by Gasteiger charge is -2.24. The van der Waals surface area contributed by atoms with Crippen molar-refractivity contribution in [3.05, 3.63) is 56.2 Å². The summed E-state index contributed by atoms with van der Waals surface area (Å²) in [6, 6.07) is 8.07. The lowest BCUT2D eigenvalue weighted by atomic mass is 10.1. The van der Waals surface area contributed by atoms with Gasteiger partial charge in [-0.2, -0.15) is 0 Å². The summed E-state index contributed by atoms with van der Waals surface area (Å²) in [5, 5.41) is 0. The molecule has 25 heavy (non-hydrogen) atoms. The zero-order valence-corrected chi connectivity index (χ0v) is 14.4. The van der Waals surface area contributed by atoms with E-state index in [1.807, 2.05) is 43.0 Å². The molecule has 1 unspecified atom stereocenters. The van der Waals surface area contributed by atoms with Crippen molar-refractivity contribution in [3.8, 4) is 0 Å². The summed E-state index contributed by atoms with van der Waals surface area (Å²) in [6.07, 6.45) is 1.52. The van der Waals surface area contributed by atoms with Gasteiger partial charge in [-0.15, -0.1) is 0 Å². The summed E-state index contributed by atoms with van der Waals surface area (Å²) in [6.45, 7) is 4.33. The lowest BCUT2D eigenvalue weighted by Crippen LogP contribution is -2.40. The van der Waals surface area contributed by atoms with E-state index in [9.17, 15) is 14.4 Å². The second kappa shape index (κ2) is 6.58. The van der Waals surface area contributed by atoms with E-state index in [0.29, 0.717) is 13.0 Å². The number of nitrogen functional groups attached to an aromatic ring is 1. The van der Waals surface area contributed by atoms with Crippen LogP contribution in [-0.4, -0.2) is 27.9 Å².